The van der Waals surface area contributed by atoms with Crippen LogP contribution in [0.2, 0.25) is 0 Å². The van der Waals surface area contributed by atoms with Gasteiger partial charge in [0.1, 0.15) is 5.82 Å². The molecule has 0 fully saturated rings. The molecular formula is C11H20N2O. The Labute approximate surface area is 85.8 Å². The second-order valence-corrected chi connectivity index (χ2v) is 3.76. The highest BCUT2D eigenvalue weighted by atomic mass is 16.3. The van der Waals surface area contributed by atoms with Crippen LogP contribution in [0.4, 0.5) is 0 Å². The second-order valence-electron chi connectivity index (χ2n) is 3.76. The Kier molecular flexibility index (Phi) is 3.69. The van der Waals surface area contributed by atoms with Gasteiger partial charge in [-0.2, -0.15) is 0 Å². The number of imidazole rings is 1. The van der Waals surface area contributed by atoms with Crippen LogP contribution >= 0.6 is 0 Å². The molecule has 0 aromatic carbocycles. The van der Waals surface area contributed by atoms with Crippen molar-refractivity contribution < 1.29 is 5.11 Å². The summed E-state index contributed by atoms with van der Waals surface area (Å²) in [6.07, 6.45) is 6.21. The fraction of sp³-hybridized carbons (Fsp3) is 0.727. The molecule has 0 aliphatic carbocycles. The minimum absolute atomic E-state index is 0.579. The Hall–Kier alpha value is -0.830. The van der Waals surface area contributed by atoms with Crippen molar-refractivity contribution >= 4 is 0 Å². The molecule has 1 N–H and O–H groups in total. The number of hydrogen-bond donors (Lipinski definition) is 1. The molecule has 0 aliphatic heterocycles. The van der Waals surface area contributed by atoms with E-state index in [1.165, 1.54) is 0 Å². The first-order chi connectivity index (χ1) is 6.65. The summed E-state index contributed by atoms with van der Waals surface area (Å²) < 4.78 is 2.05. The lowest BCUT2D eigenvalue weighted by molar-refractivity contribution is 0.0144. The Bertz CT molecular complexity index is 277. The van der Waals surface area contributed by atoms with E-state index in [2.05, 4.69) is 11.9 Å². The summed E-state index contributed by atoms with van der Waals surface area (Å²) in [5.41, 5.74) is -0.579. The summed E-state index contributed by atoms with van der Waals surface area (Å²) in [7, 11) is 0. The van der Waals surface area contributed by atoms with Gasteiger partial charge in [0.15, 0.2) is 0 Å². The van der Waals surface area contributed by atoms with E-state index in [0.29, 0.717) is 6.54 Å². The van der Waals surface area contributed by atoms with Gasteiger partial charge in [-0.1, -0.05) is 20.8 Å². The molecule has 0 saturated heterocycles. The SMILES string of the molecule is CCc1nccn1CC(O)(CC)CC. The average molecular weight is 196 g/mol. The molecule has 0 aliphatic rings. The van der Waals surface area contributed by atoms with E-state index in [4.69, 9.17) is 0 Å². The molecule has 1 aromatic rings. The molecule has 80 valence electrons. The van der Waals surface area contributed by atoms with Gasteiger partial charge in [0.2, 0.25) is 0 Å². The van der Waals surface area contributed by atoms with Crippen molar-refractivity contribution in [3.8, 4) is 0 Å². The first-order valence-electron chi connectivity index (χ1n) is 5.37. The molecular weight excluding hydrogens is 176 g/mol. The fourth-order valence-electron chi connectivity index (χ4n) is 1.59. The van der Waals surface area contributed by atoms with Crippen LogP contribution in [0, 0.1) is 0 Å². The zero-order valence-corrected chi connectivity index (χ0v) is 9.32. The highest BCUT2D eigenvalue weighted by molar-refractivity contribution is 4.94. The molecule has 1 aromatic heterocycles. The van der Waals surface area contributed by atoms with Gasteiger partial charge in [-0.25, -0.2) is 4.98 Å². The first kappa shape index (κ1) is 11.2. The van der Waals surface area contributed by atoms with E-state index in [0.717, 1.165) is 25.1 Å². The molecule has 1 heterocycles. The topological polar surface area (TPSA) is 38.0 Å². The molecule has 0 saturated carbocycles. The monoisotopic (exact) mass is 196 g/mol. The summed E-state index contributed by atoms with van der Waals surface area (Å²) in [5, 5.41) is 10.2. The minimum Gasteiger partial charge on any atom is -0.388 e. The van der Waals surface area contributed by atoms with Crippen molar-refractivity contribution in [3.63, 3.8) is 0 Å². The van der Waals surface area contributed by atoms with E-state index in [9.17, 15) is 5.11 Å². The molecule has 0 atom stereocenters. The van der Waals surface area contributed by atoms with Crippen molar-refractivity contribution in [1.82, 2.24) is 9.55 Å². The zero-order valence-electron chi connectivity index (χ0n) is 9.32. The molecule has 1 rings (SSSR count). The lowest BCUT2D eigenvalue weighted by Crippen LogP contribution is -2.32. The van der Waals surface area contributed by atoms with Crippen LogP contribution in [0.1, 0.15) is 39.4 Å². The maximum Gasteiger partial charge on any atom is 0.108 e. The van der Waals surface area contributed by atoms with Crippen LogP contribution in [0.15, 0.2) is 12.4 Å². The molecule has 0 spiro atoms. The normalized spacial score (nSPS) is 12.0. The smallest absolute Gasteiger partial charge is 0.108 e. The van der Waals surface area contributed by atoms with Crippen LogP contribution in [-0.4, -0.2) is 20.3 Å². The van der Waals surface area contributed by atoms with Crippen LogP contribution < -0.4 is 0 Å². The summed E-state index contributed by atoms with van der Waals surface area (Å²) in [6, 6.07) is 0. The van der Waals surface area contributed by atoms with Crippen molar-refractivity contribution in [2.24, 2.45) is 0 Å². The maximum atomic E-state index is 10.2. The Morgan fingerprint density at radius 2 is 2.00 bits per heavy atom. The van der Waals surface area contributed by atoms with Gasteiger partial charge >= 0.3 is 0 Å². The molecule has 14 heavy (non-hydrogen) atoms. The quantitative estimate of drug-likeness (QED) is 0.782. The molecule has 0 bridgehead atoms. The van der Waals surface area contributed by atoms with Crippen molar-refractivity contribution in [2.75, 3.05) is 0 Å². The summed E-state index contributed by atoms with van der Waals surface area (Å²) >= 11 is 0. The predicted octanol–water partition coefficient (Wildman–Crippen LogP) is 2.00. The highest BCUT2D eigenvalue weighted by Gasteiger charge is 2.23. The lowest BCUT2D eigenvalue weighted by atomic mass is 9.97. The van der Waals surface area contributed by atoms with Gasteiger partial charge in [-0.3, -0.25) is 0 Å². The standard InChI is InChI=1S/C11H20N2O/c1-4-10-12-7-8-13(10)9-11(14,5-2)6-3/h7-8,14H,4-6,9H2,1-3H3. The Morgan fingerprint density at radius 3 is 2.50 bits per heavy atom. The third kappa shape index (κ3) is 2.35. The summed E-state index contributed by atoms with van der Waals surface area (Å²) in [5.74, 6) is 1.05. The van der Waals surface area contributed by atoms with E-state index in [1.54, 1.807) is 6.20 Å². The minimum atomic E-state index is -0.579. The van der Waals surface area contributed by atoms with E-state index in [-0.39, 0.29) is 0 Å². The maximum absolute atomic E-state index is 10.2. The van der Waals surface area contributed by atoms with Crippen LogP contribution in [0.25, 0.3) is 0 Å². The lowest BCUT2D eigenvalue weighted by Gasteiger charge is -2.26. The van der Waals surface area contributed by atoms with Crippen molar-refractivity contribution in [2.45, 2.75) is 52.2 Å². The van der Waals surface area contributed by atoms with E-state index in [1.807, 2.05) is 24.6 Å². The van der Waals surface area contributed by atoms with Gasteiger partial charge in [-0.05, 0) is 12.8 Å². The Morgan fingerprint density at radius 1 is 1.36 bits per heavy atom. The van der Waals surface area contributed by atoms with Crippen molar-refractivity contribution in [3.05, 3.63) is 18.2 Å². The van der Waals surface area contributed by atoms with Crippen LogP contribution in [0.3, 0.4) is 0 Å². The van der Waals surface area contributed by atoms with Gasteiger partial charge in [0, 0.05) is 18.8 Å². The predicted molar refractivity (Wildman–Crippen MR) is 57.1 cm³/mol. The largest absolute Gasteiger partial charge is 0.388 e. The Balaban J connectivity index is 2.76. The zero-order chi connectivity index (χ0) is 10.6. The van der Waals surface area contributed by atoms with E-state index < -0.39 is 5.60 Å². The second kappa shape index (κ2) is 4.60. The van der Waals surface area contributed by atoms with Crippen LogP contribution in [-0.2, 0) is 13.0 Å². The molecule has 3 nitrogen and oxygen atoms in total. The number of aryl methyl sites for hydroxylation is 1. The molecule has 0 unspecified atom stereocenters. The number of aromatic nitrogens is 2. The van der Waals surface area contributed by atoms with Crippen molar-refractivity contribution in [1.29, 1.82) is 0 Å². The first-order valence-corrected chi connectivity index (χ1v) is 5.37. The van der Waals surface area contributed by atoms with Gasteiger partial charge in [0.25, 0.3) is 0 Å². The third-order valence-electron chi connectivity index (χ3n) is 2.90. The summed E-state index contributed by atoms with van der Waals surface area (Å²) in [4.78, 5) is 4.24. The highest BCUT2D eigenvalue weighted by Crippen LogP contribution is 2.18. The third-order valence-corrected chi connectivity index (χ3v) is 2.90. The summed E-state index contributed by atoms with van der Waals surface area (Å²) in [6.45, 7) is 6.77. The number of nitrogens with zero attached hydrogens (tertiary/aromatic N) is 2. The number of hydrogen-bond acceptors (Lipinski definition) is 2. The number of rotatable bonds is 5. The van der Waals surface area contributed by atoms with E-state index >= 15 is 0 Å². The average Bonchev–Trinajstić information content (AvgIpc) is 2.65. The van der Waals surface area contributed by atoms with Crippen LogP contribution in [0.5, 0.6) is 0 Å². The molecule has 0 amide bonds. The van der Waals surface area contributed by atoms with Gasteiger partial charge in [0.05, 0.1) is 12.1 Å². The van der Waals surface area contributed by atoms with Gasteiger partial charge < -0.3 is 9.67 Å². The molecule has 0 radical (unpaired) electrons. The van der Waals surface area contributed by atoms with Gasteiger partial charge in [-0.15, -0.1) is 0 Å². The number of aliphatic hydroxyl groups is 1. The fourth-order valence-corrected chi connectivity index (χ4v) is 1.59. The molecule has 3 heteroatoms.